The standard InChI is InChI=1S/C14H22N2O2/c1-4-15-9-11(2)14(18)16(3)10-12-6-5-7-13(17)8-12/h5-8,11,15,17H,4,9-10H2,1-3H3. The Hall–Kier alpha value is -1.55. The van der Waals surface area contributed by atoms with Gasteiger partial charge in [0.1, 0.15) is 5.75 Å². The van der Waals surface area contributed by atoms with Crippen molar-refractivity contribution in [2.75, 3.05) is 20.1 Å². The summed E-state index contributed by atoms with van der Waals surface area (Å²) in [6.07, 6.45) is 0. The van der Waals surface area contributed by atoms with Crippen LogP contribution in [0.5, 0.6) is 5.75 Å². The first-order valence-electron chi connectivity index (χ1n) is 6.28. The summed E-state index contributed by atoms with van der Waals surface area (Å²) in [4.78, 5) is 13.8. The molecule has 1 aromatic rings. The van der Waals surface area contributed by atoms with Gasteiger partial charge in [0.2, 0.25) is 5.91 Å². The van der Waals surface area contributed by atoms with Crippen LogP contribution < -0.4 is 5.32 Å². The molecular formula is C14H22N2O2. The average molecular weight is 250 g/mol. The van der Waals surface area contributed by atoms with Crippen LogP contribution in [0.4, 0.5) is 0 Å². The van der Waals surface area contributed by atoms with Gasteiger partial charge in [0, 0.05) is 26.1 Å². The van der Waals surface area contributed by atoms with E-state index in [9.17, 15) is 9.90 Å². The van der Waals surface area contributed by atoms with Gasteiger partial charge in [0.15, 0.2) is 0 Å². The van der Waals surface area contributed by atoms with E-state index in [1.807, 2.05) is 19.9 Å². The fourth-order valence-electron chi connectivity index (χ4n) is 1.83. The van der Waals surface area contributed by atoms with Gasteiger partial charge in [-0.2, -0.15) is 0 Å². The van der Waals surface area contributed by atoms with Crippen molar-refractivity contribution in [1.82, 2.24) is 10.2 Å². The second-order valence-electron chi connectivity index (χ2n) is 4.57. The van der Waals surface area contributed by atoms with Gasteiger partial charge in [0.05, 0.1) is 0 Å². The smallest absolute Gasteiger partial charge is 0.226 e. The Labute approximate surface area is 109 Å². The maximum absolute atomic E-state index is 12.1. The SMILES string of the molecule is CCNCC(C)C(=O)N(C)Cc1cccc(O)c1. The maximum atomic E-state index is 12.1. The lowest BCUT2D eigenvalue weighted by Gasteiger charge is -2.21. The van der Waals surface area contributed by atoms with Crippen molar-refractivity contribution >= 4 is 5.91 Å². The molecule has 0 bridgehead atoms. The van der Waals surface area contributed by atoms with Crippen LogP contribution >= 0.6 is 0 Å². The quantitative estimate of drug-likeness (QED) is 0.806. The third-order valence-corrected chi connectivity index (χ3v) is 2.83. The molecule has 1 rings (SSSR count). The lowest BCUT2D eigenvalue weighted by molar-refractivity contribution is -0.134. The molecule has 1 atom stereocenters. The van der Waals surface area contributed by atoms with Crippen LogP contribution in [0.25, 0.3) is 0 Å². The molecule has 100 valence electrons. The molecule has 0 spiro atoms. The summed E-state index contributed by atoms with van der Waals surface area (Å²) >= 11 is 0. The molecule has 4 heteroatoms. The van der Waals surface area contributed by atoms with Crippen LogP contribution in [0.3, 0.4) is 0 Å². The number of nitrogens with zero attached hydrogens (tertiary/aromatic N) is 1. The van der Waals surface area contributed by atoms with E-state index >= 15 is 0 Å². The minimum absolute atomic E-state index is 0.0349. The Bertz CT molecular complexity index is 393. The fraction of sp³-hybridized carbons (Fsp3) is 0.500. The number of phenols is 1. The Morgan fingerprint density at radius 1 is 1.50 bits per heavy atom. The van der Waals surface area contributed by atoms with Gasteiger partial charge in [-0.3, -0.25) is 4.79 Å². The zero-order valence-electron chi connectivity index (χ0n) is 11.3. The summed E-state index contributed by atoms with van der Waals surface area (Å²) in [5, 5.41) is 12.5. The van der Waals surface area contributed by atoms with E-state index in [2.05, 4.69) is 5.32 Å². The monoisotopic (exact) mass is 250 g/mol. The maximum Gasteiger partial charge on any atom is 0.226 e. The second-order valence-corrected chi connectivity index (χ2v) is 4.57. The number of amides is 1. The third kappa shape index (κ3) is 4.37. The molecule has 1 aromatic carbocycles. The largest absolute Gasteiger partial charge is 0.508 e. The van der Waals surface area contributed by atoms with Gasteiger partial charge >= 0.3 is 0 Å². The first-order valence-corrected chi connectivity index (χ1v) is 6.28. The van der Waals surface area contributed by atoms with Crippen molar-refractivity contribution < 1.29 is 9.90 Å². The molecule has 0 heterocycles. The lowest BCUT2D eigenvalue weighted by Crippen LogP contribution is -2.36. The molecule has 4 nitrogen and oxygen atoms in total. The summed E-state index contributed by atoms with van der Waals surface area (Å²) in [5.41, 5.74) is 0.932. The zero-order chi connectivity index (χ0) is 13.5. The Balaban J connectivity index is 2.54. The van der Waals surface area contributed by atoms with Crippen molar-refractivity contribution in [2.45, 2.75) is 20.4 Å². The molecular weight excluding hydrogens is 228 g/mol. The predicted molar refractivity (Wildman–Crippen MR) is 72.3 cm³/mol. The van der Waals surface area contributed by atoms with Gasteiger partial charge < -0.3 is 15.3 Å². The third-order valence-electron chi connectivity index (χ3n) is 2.83. The van der Waals surface area contributed by atoms with Gasteiger partial charge in [0.25, 0.3) is 0 Å². The molecule has 18 heavy (non-hydrogen) atoms. The summed E-state index contributed by atoms with van der Waals surface area (Å²) in [6, 6.07) is 6.99. The fourth-order valence-corrected chi connectivity index (χ4v) is 1.83. The molecule has 1 unspecified atom stereocenters. The predicted octanol–water partition coefficient (Wildman–Crippen LogP) is 1.60. The first-order chi connectivity index (χ1) is 8.54. The van der Waals surface area contributed by atoms with Crippen molar-refractivity contribution in [2.24, 2.45) is 5.92 Å². The lowest BCUT2D eigenvalue weighted by atomic mass is 10.1. The molecule has 1 amide bonds. The van der Waals surface area contributed by atoms with Crippen molar-refractivity contribution in [3.63, 3.8) is 0 Å². The molecule has 0 aliphatic heterocycles. The van der Waals surface area contributed by atoms with Gasteiger partial charge in [-0.15, -0.1) is 0 Å². The first kappa shape index (κ1) is 14.5. The minimum atomic E-state index is -0.0349. The van der Waals surface area contributed by atoms with Crippen LogP contribution in [0.2, 0.25) is 0 Å². The molecule has 0 saturated carbocycles. The highest BCUT2D eigenvalue weighted by Crippen LogP contribution is 2.13. The second kappa shape index (κ2) is 7.01. The van der Waals surface area contributed by atoms with Crippen LogP contribution in [0.15, 0.2) is 24.3 Å². The Kier molecular flexibility index (Phi) is 5.65. The molecule has 0 fully saturated rings. The molecule has 0 aliphatic carbocycles. The Morgan fingerprint density at radius 3 is 2.83 bits per heavy atom. The van der Waals surface area contributed by atoms with Crippen LogP contribution in [0, 0.1) is 5.92 Å². The number of phenolic OH excluding ortho intramolecular Hbond substituents is 1. The molecule has 0 aliphatic rings. The van der Waals surface area contributed by atoms with Crippen LogP contribution in [-0.2, 0) is 11.3 Å². The topological polar surface area (TPSA) is 52.6 Å². The number of rotatable bonds is 6. The van der Waals surface area contributed by atoms with E-state index in [0.717, 1.165) is 12.1 Å². The number of carbonyl (C=O) groups is 1. The summed E-state index contributed by atoms with van der Waals surface area (Å²) < 4.78 is 0. The van der Waals surface area contributed by atoms with Gasteiger partial charge in [-0.1, -0.05) is 26.0 Å². The minimum Gasteiger partial charge on any atom is -0.508 e. The summed E-state index contributed by atoms with van der Waals surface area (Å²) in [7, 11) is 1.79. The van der Waals surface area contributed by atoms with E-state index in [0.29, 0.717) is 13.1 Å². The van der Waals surface area contributed by atoms with Gasteiger partial charge in [-0.25, -0.2) is 0 Å². The van der Waals surface area contributed by atoms with E-state index in [-0.39, 0.29) is 17.6 Å². The van der Waals surface area contributed by atoms with Crippen molar-refractivity contribution in [3.8, 4) is 5.75 Å². The van der Waals surface area contributed by atoms with Crippen molar-refractivity contribution in [3.05, 3.63) is 29.8 Å². The Morgan fingerprint density at radius 2 is 2.22 bits per heavy atom. The van der Waals surface area contributed by atoms with Crippen LogP contribution in [0.1, 0.15) is 19.4 Å². The normalized spacial score (nSPS) is 12.2. The summed E-state index contributed by atoms with van der Waals surface area (Å²) in [6.45, 7) is 6.02. The van der Waals surface area contributed by atoms with E-state index in [1.165, 1.54) is 0 Å². The van der Waals surface area contributed by atoms with E-state index in [1.54, 1.807) is 30.1 Å². The van der Waals surface area contributed by atoms with Gasteiger partial charge in [-0.05, 0) is 24.2 Å². The number of nitrogens with one attached hydrogen (secondary N) is 1. The zero-order valence-corrected chi connectivity index (χ0v) is 11.3. The number of hydrogen-bond donors (Lipinski definition) is 2. The number of hydrogen-bond acceptors (Lipinski definition) is 3. The number of aromatic hydroxyl groups is 1. The molecule has 0 aromatic heterocycles. The number of benzene rings is 1. The summed E-state index contributed by atoms with van der Waals surface area (Å²) in [5.74, 6) is 0.306. The highest BCUT2D eigenvalue weighted by Gasteiger charge is 2.16. The highest BCUT2D eigenvalue weighted by molar-refractivity contribution is 5.78. The average Bonchev–Trinajstić information content (AvgIpc) is 2.35. The van der Waals surface area contributed by atoms with E-state index in [4.69, 9.17) is 0 Å². The van der Waals surface area contributed by atoms with Crippen LogP contribution in [-0.4, -0.2) is 36.1 Å². The molecule has 2 N–H and O–H groups in total. The van der Waals surface area contributed by atoms with Crippen molar-refractivity contribution in [1.29, 1.82) is 0 Å². The molecule has 0 saturated heterocycles. The van der Waals surface area contributed by atoms with E-state index < -0.39 is 0 Å². The number of carbonyl (C=O) groups excluding carboxylic acids is 1. The highest BCUT2D eigenvalue weighted by atomic mass is 16.3. The molecule has 0 radical (unpaired) electrons.